The molecule has 0 aliphatic heterocycles. The molecular formula is C25H31ClN2O2S. The molecule has 0 radical (unpaired) electrons. The van der Waals surface area contributed by atoms with Gasteiger partial charge >= 0.3 is 0 Å². The van der Waals surface area contributed by atoms with Crippen LogP contribution < -0.4 is 5.32 Å². The van der Waals surface area contributed by atoms with Crippen LogP contribution in [0.4, 0.5) is 0 Å². The summed E-state index contributed by atoms with van der Waals surface area (Å²) in [6.07, 6.45) is 4.33. The van der Waals surface area contributed by atoms with Crippen LogP contribution in [0, 0.1) is 6.92 Å². The Bertz CT molecular complexity index is 899. The third-order valence-corrected chi connectivity index (χ3v) is 7.10. The van der Waals surface area contributed by atoms with E-state index in [9.17, 15) is 9.59 Å². The number of aryl methyl sites for hydroxylation is 1. The summed E-state index contributed by atoms with van der Waals surface area (Å²) >= 11 is 7.92. The highest BCUT2D eigenvalue weighted by atomic mass is 35.5. The van der Waals surface area contributed by atoms with Gasteiger partial charge in [-0.15, -0.1) is 11.8 Å². The summed E-state index contributed by atoms with van der Waals surface area (Å²) in [6, 6.07) is 15.5. The van der Waals surface area contributed by atoms with E-state index in [1.807, 2.05) is 37.3 Å². The Labute approximate surface area is 194 Å². The number of halogens is 1. The van der Waals surface area contributed by atoms with Gasteiger partial charge in [0.15, 0.2) is 0 Å². The number of hydrogen-bond acceptors (Lipinski definition) is 3. The van der Waals surface area contributed by atoms with Gasteiger partial charge in [0.2, 0.25) is 11.8 Å². The minimum Gasteiger partial charge on any atom is -0.352 e. The van der Waals surface area contributed by atoms with Crippen molar-refractivity contribution in [1.29, 1.82) is 0 Å². The van der Waals surface area contributed by atoms with Crippen molar-refractivity contribution in [3.63, 3.8) is 0 Å². The van der Waals surface area contributed by atoms with Crippen LogP contribution in [0.1, 0.15) is 49.3 Å². The third kappa shape index (κ3) is 7.01. The first-order chi connectivity index (χ1) is 14.9. The summed E-state index contributed by atoms with van der Waals surface area (Å²) in [6.45, 7) is 4.20. The average Bonchev–Trinajstić information content (AvgIpc) is 3.25. The van der Waals surface area contributed by atoms with Gasteiger partial charge in [-0.1, -0.05) is 72.5 Å². The third-order valence-electron chi connectivity index (χ3n) is 5.74. The summed E-state index contributed by atoms with van der Waals surface area (Å²) in [5.74, 6) is 0.942. The van der Waals surface area contributed by atoms with Gasteiger partial charge in [-0.2, -0.15) is 0 Å². The number of thioether (sulfide) groups is 1. The molecule has 166 valence electrons. The molecule has 2 amide bonds. The predicted molar refractivity (Wildman–Crippen MR) is 129 cm³/mol. The molecule has 0 heterocycles. The number of carbonyl (C=O) groups is 2. The van der Waals surface area contributed by atoms with Crippen molar-refractivity contribution in [3.8, 4) is 0 Å². The Morgan fingerprint density at radius 3 is 2.61 bits per heavy atom. The summed E-state index contributed by atoms with van der Waals surface area (Å²) in [5, 5.41) is 3.74. The zero-order chi connectivity index (χ0) is 22.2. The molecule has 0 aromatic heterocycles. The van der Waals surface area contributed by atoms with E-state index in [0.29, 0.717) is 17.3 Å². The maximum absolute atomic E-state index is 13.2. The quantitative estimate of drug-likeness (QED) is 0.550. The van der Waals surface area contributed by atoms with E-state index in [0.717, 1.165) is 37.0 Å². The van der Waals surface area contributed by atoms with E-state index < -0.39 is 6.04 Å². The van der Waals surface area contributed by atoms with Crippen molar-refractivity contribution < 1.29 is 9.59 Å². The Balaban J connectivity index is 1.66. The number of carbonyl (C=O) groups excluding carboxylic acids is 2. The van der Waals surface area contributed by atoms with Crippen LogP contribution in [0.25, 0.3) is 0 Å². The second-order valence-electron chi connectivity index (χ2n) is 8.26. The van der Waals surface area contributed by atoms with Crippen LogP contribution in [0.2, 0.25) is 5.02 Å². The molecule has 4 nitrogen and oxygen atoms in total. The Morgan fingerprint density at radius 2 is 1.90 bits per heavy atom. The molecular weight excluding hydrogens is 428 g/mol. The molecule has 31 heavy (non-hydrogen) atoms. The lowest BCUT2D eigenvalue weighted by Crippen LogP contribution is -2.50. The SMILES string of the molecule is Cc1cccc(CSCC(=O)N(Cc2ccccc2Cl)C(C)C(=O)NC2CCCC2)c1. The van der Waals surface area contributed by atoms with E-state index in [-0.39, 0.29) is 17.9 Å². The van der Waals surface area contributed by atoms with E-state index in [4.69, 9.17) is 11.6 Å². The molecule has 1 saturated carbocycles. The van der Waals surface area contributed by atoms with Gasteiger partial charge in [0, 0.05) is 23.4 Å². The number of nitrogens with one attached hydrogen (secondary N) is 1. The number of hydrogen-bond donors (Lipinski definition) is 1. The number of nitrogens with zero attached hydrogens (tertiary/aromatic N) is 1. The van der Waals surface area contributed by atoms with Crippen LogP contribution >= 0.6 is 23.4 Å². The molecule has 3 rings (SSSR count). The summed E-state index contributed by atoms with van der Waals surface area (Å²) in [7, 11) is 0. The highest BCUT2D eigenvalue weighted by molar-refractivity contribution is 7.99. The lowest BCUT2D eigenvalue weighted by Gasteiger charge is -2.30. The Hall–Kier alpha value is -1.98. The van der Waals surface area contributed by atoms with E-state index in [2.05, 4.69) is 30.4 Å². The second kappa shape index (κ2) is 11.6. The molecule has 0 spiro atoms. The van der Waals surface area contributed by atoms with Gasteiger partial charge in [-0.05, 0) is 43.9 Å². The summed E-state index contributed by atoms with van der Waals surface area (Å²) < 4.78 is 0. The highest BCUT2D eigenvalue weighted by Crippen LogP contribution is 2.22. The van der Waals surface area contributed by atoms with Gasteiger partial charge < -0.3 is 10.2 Å². The largest absolute Gasteiger partial charge is 0.352 e. The fourth-order valence-electron chi connectivity index (χ4n) is 3.93. The number of benzene rings is 2. The molecule has 1 atom stereocenters. The first-order valence-corrected chi connectivity index (χ1v) is 12.4. The molecule has 1 unspecified atom stereocenters. The minimum absolute atomic E-state index is 0.0494. The Kier molecular flexibility index (Phi) is 8.85. The zero-order valence-corrected chi connectivity index (χ0v) is 19.8. The van der Waals surface area contributed by atoms with E-state index in [1.165, 1.54) is 11.1 Å². The fraction of sp³-hybridized carbons (Fsp3) is 0.440. The Morgan fingerprint density at radius 1 is 1.16 bits per heavy atom. The topological polar surface area (TPSA) is 49.4 Å². The molecule has 0 saturated heterocycles. The standard InChI is InChI=1S/C25H31ClN2O2S/c1-18-8-7-9-20(14-18)16-31-17-24(29)28(15-21-10-3-6-13-23(21)26)19(2)25(30)27-22-11-4-5-12-22/h3,6-10,13-14,19,22H,4-5,11-12,15-17H2,1-2H3,(H,27,30). The summed E-state index contributed by atoms with van der Waals surface area (Å²) in [5.41, 5.74) is 3.26. The van der Waals surface area contributed by atoms with Crippen molar-refractivity contribution in [1.82, 2.24) is 10.2 Å². The number of rotatable bonds is 9. The molecule has 1 aliphatic rings. The van der Waals surface area contributed by atoms with Gasteiger partial charge in [0.1, 0.15) is 6.04 Å². The molecule has 6 heteroatoms. The van der Waals surface area contributed by atoms with Crippen molar-refractivity contribution in [2.45, 2.75) is 63.9 Å². The zero-order valence-electron chi connectivity index (χ0n) is 18.3. The van der Waals surface area contributed by atoms with E-state index >= 15 is 0 Å². The monoisotopic (exact) mass is 458 g/mol. The van der Waals surface area contributed by atoms with Crippen LogP contribution in [0.15, 0.2) is 48.5 Å². The van der Waals surface area contributed by atoms with Crippen LogP contribution in [0.3, 0.4) is 0 Å². The van der Waals surface area contributed by atoms with Crippen molar-refractivity contribution in [2.24, 2.45) is 0 Å². The second-order valence-corrected chi connectivity index (χ2v) is 9.65. The average molecular weight is 459 g/mol. The van der Waals surface area contributed by atoms with Crippen molar-refractivity contribution in [2.75, 3.05) is 5.75 Å². The highest BCUT2D eigenvalue weighted by Gasteiger charge is 2.28. The van der Waals surface area contributed by atoms with Gasteiger partial charge in [0.05, 0.1) is 5.75 Å². The van der Waals surface area contributed by atoms with Gasteiger partial charge in [-0.25, -0.2) is 0 Å². The lowest BCUT2D eigenvalue weighted by atomic mass is 10.1. The van der Waals surface area contributed by atoms with Crippen LogP contribution in [-0.2, 0) is 21.9 Å². The predicted octanol–water partition coefficient (Wildman–Crippen LogP) is 5.36. The molecule has 2 aromatic rings. The van der Waals surface area contributed by atoms with Crippen molar-refractivity contribution in [3.05, 3.63) is 70.2 Å². The molecule has 0 bridgehead atoms. The fourth-order valence-corrected chi connectivity index (χ4v) is 4.98. The lowest BCUT2D eigenvalue weighted by molar-refractivity contribution is -0.138. The maximum Gasteiger partial charge on any atom is 0.242 e. The number of amides is 2. The molecule has 1 aliphatic carbocycles. The first kappa shape index (κ1) is 23.7. The first-order valence-electron chi connectivity index (χ1n) is 10.9. The molecule has 2 aromatic carbocycles. The van der Waals surface area contributed by atoms with Gasteiger partial charge in [0.25, 0.3) is 0 Å². The van der Waals surface area contributed by atoms with Crippen LogP contribution in [0.5, 0.6) is 0 Å². The smallest absolute Gasteiger partial charge is 0.242 e. The molecule has 1 N–H and O–H groups in total. The van der Waals surface area contributed by atoms with Crippen LogP contribution in [-0.4, -0.2) is 34.6 Å². The van der Waals surface area contributed by atoms with Gasteiger partial charge in [-0.3, -0.25) is 9.59 Å². The molecule has 1 fully saturated rings. The normalized spacial score (nSPS) is 14.9. The minimum atomic E-state index is -0.552. The van der Waals surface area contributed by atoms with E-state index in [1.54, 1.807) is 16.7 Å². The maximum atomic E-state index is 13.2. The van der Waals surface area contributed by atoms with Crippen molar-refractivity contribution >= 4 is 35.2 Å². The summed E-state index contributed by atoms with van der Waals surface area (Å²) in [4.78, 5) is 27.8.